The van der Waals surface area contributed by atoms with Crippen molar-refractivity contribution in [2.24, 2.45) is 0 Å². The van der Waals surface area contributed by atoms with Gasteiger partial charge in [-0.15, -0.1) is 0 Å². The van der Waals surface area contributed by atoms with E-state index in [0.29, 0.717) is 29.8 Å². The first kappa shape index (κ1) is 17.0. The first-order chi connectivity index (χ1) is 11.7. The van der Waals surface area contributed by atoms with Crippen LogP contribution in [0.2, 0.25) is 5.02 Å². The maximum atomic E-state index is 12.8. The molecule has 6 heteroatoms. The third kappa shape index (κ3) is 3.79. The van der Waals surface area contributed by atoms with E-state index >= 15 is 0 Å². The number of aromatic nitrogens is 2. The second kappa shape index (κ2) is 7.81. The van der Waals surface area contributed by atoms with E-state index in [0.717, 1.165) is 31.5 Å². The van der Waals surface area contributed by atoms with E-state index in [1.54, 1.807) is 4.90 Å². The number of nitrogens with zero attached hydrogens (tertiary/aromatic N) is 3. The number of piperidine rings is 1. The summed E-state index contributed by atoms with van der Waals surface area (Å²) < 4.78 is 1.92. The summed E-state index contributed by atoms with van der Waals surface area (Å²) in [4.78, 5) is 14.5. The summed E-state index contributed by atoms with van der Waals surface area (Å²) in [6.45, 7) is 5.04. The van der Waals surface area contributed by atoms with Crippen molar-refractivity contribution >= 4 is 17.5 Å². The molecule has 2 heterocycles. The molecular formula is C18H23ClN4O. The van der Waals surface area contributed by atoms with Crippen molar-refractivity contribution in [3.63, 3.8) is 0 Å². The second-order valence-corrected chi connectivity index (χ2v) is 6.50. The van der Waals surface area contributed by atoms with Crippen LogP contribution in [-0.2, 0) is 6.54 Å². The van der Waals surface area contributed by atoms with Gasteiger partial charge in [-0.25, -0.2) is 0 Å². The van der Waals surface area contributed by atoms with E-state index in [4.69, 9.17) is 11.6 Å². The molecule has 1 aliphatic rings. The Morgan fingerprint density at radius 3 is 2.96 bits per heavy atom. The highest BCUT2D eigenvalue weighted by molar-refractivity contribution is 6.31. The van der Waals surface area contributed by atoms with Gasteiger partial charge in [0.15, 0.2) is 0 Å². The zero-order chi connectivity index (χ0) is 16.9. The van der Waals surface area contributed by atoms with Crippen molar-refractivity contribution in [3.8, 4) is 0 Å². The first-order valence-electron chi connectivity index (χ1n) is 8.47. The van der Waals surface area contributed by atoms with E-state index < -0.39 is 0 Å². The fourth-order valence-electron chi connectivity index (χ4n) is 3.04. The van der Waals surface area contributed by atoms with Crippen molar-refractivity contribution in [2.45, 2.75) is 32.4 Å². The number of nitrogens with one attached hydrogen (secondary N) is 1. The molecule has 0 spiro atoms. The van der Waals surface area contributed by atoms with E-state index in [-0.39, 0.29) is 5.91 Å². The molecule has 24 heavy (non-hydrogen) atoms. The van der Waals surface area contributed by atoms with Crippen molar-refractivity contribution in [1.29, 1.82) is 0 Å². The molecule has 0 bridgehead atoms. The minimum Gasteiger partial charge on any atom is -0.333 e. The molecule has 0 aliphatic carbocycles. The molecule has 1 amide bonds. The standard InChI is InChI=1S/C18H23ClN4O/c1-2-22(13-14-6-3-4-8-16(14)19)18(24)17-9-11-23(21-17)15-7-5-10-20-12-15/h3-4,6,8-9,11,15,20H,2,5,7,10,12-13H2,1H3. The number of halogens is 1. The molecule has 1 atom stereocenters. The predicted octanol–water partition coefficient (Wildman–Crippen LogP) is 3.12. The number of carbonyl (C=O) groups excluding carboxylic acids is 1. The topological polar surface area (TPSA) is 50.2 Å². The Balaban J connectivity index is 1.72. The summed E-state index contributed by atoms with van der Waals surface area (Å²) >= 11 is 6.22. The molecule has 1 aromatic heterocycles. The molecule has 1 saturated heterocycles. The lowest BCUT2D eigenvalue weighted by atomic mass is 10.1. The summed E-state index contributed by atoms with van der Waals surface area (Å²) in [6.07, 6.45) is 4.15. The van der Waals surface area contributed by atoms with Gasteiger partial charge in [0.25, 0.3) is 5.91 Å². The van der Waals surface area contributed by atoms with E-state index in [1.165, 1.54) is 0 Å². The van der Waals surface area contributed by atoms with Crippen LogP contribution in [0.5, 0.6) is 0 Å². The van der Waals surface area contributed by atoms with E-state index in [1.807, 2.05) is 48.1 Å². The van der Waals surface area contributed by atoms with Crippen molar-refractivity contribution in [2.75, 3.05) is 19.6 Å². The Morgan fingerprint density at radius 2 is 2.25 bits per heavy atom. The SMILES string of the molecule is CCN(Cc1ccccc1Cl)C(=O)c1ccn(C2CCCNC2)n1. The highest BCUT2D eigenvalue weighted by Gasteiger charge is 2.21. The first-order valence-corrected chi connectivity index (χ1v) is 8.85. The number of rotatable bonds is 5. The molecule has 0 radical (unpaired) electrons. The van der Waals surface area contributed by atoms with Crippen LogP contribution in [0.3, 0.4) is 0 Å². The summed E-state index contributed by atoms with van der Waals surface area (Å²) in [5, 5.41) is 8.58. The van der Waals surface area contributed by atoms with Gasteiger partial charge in [0.05, 0.1) is 6.04 Å². The molecule has 1 fully saturated rings. The molecule has 2 aromatic rings. The van der Waals surface area contributed by atoms with Gasteiger partial charge < -0.3 is 10.2 Å². The highest BCUT2D eigenvalue weighted by atomic mass is 35.5. The van der Waals surface area contributed by atoms with Crippen molar-refractivity contribution in [1.82, 2.24) is 20.0 Å². The van der Waals surface area contributed by atoms with Crippen LogP contribution in [0.25, 0.3) is 0 Å². The van der Waals surface area contributed by atoms with Crippen molar-refractivity contribution in [3.05, 3.63) is 52.8 Å². The van der Waals surface area contributed by atoms with E-state index in [9.17, 15) is 4.79 Å². The Bertz CT molecular complexity index is 694. The fraction of sp³-hybridized carbons (Fsp3) is 0.444. The lowest BCUT2D eigenvalue weighted by Gasteiger charge is -2.23. The van der Waals surface area contributed by atoms with Gasteiger partial charge >= 0.3 is 0 Å². The molecule has 0 saturated carbocycles. The molecular weight excluding hydrogens is 324 g/mol. The monoisotopic (exact) mass is 346 g/mol. The predicted molar refractivity (Wildman–Crippen MR) is 95.2 cm³/mol. The minimum absolute atomic E-state index is 0.0556. The lowest BCUT2D eigenvalue weighted by molar-refractivity contribution is 0.0745. The maximum Gasteiger partial charge on any atom is 0.274 e. The van der Waals surface area contributed by atoms with Crippen LogP contribution in [0, 0.1) is 0 Å². The van der Waals surface area contributed by atoms with E-state index in [2.05, 4.69) is 10.4 Å². The zero-order valence-electron chi connectivity index (χ0n) is 13.9. The molecule has 1 aromatic carbocycles. The molecule has 1 unspecified atom stereocenters. The van der Waals surface area contributed by atoms with Gasteiger partial charge in [0.2, 0.25) is 0 Å². The average Bonchev–Trinajstić information content (AvgIpc) is 3.11. The minimum atomic E-state index is -0.0556. The molecule has 1 aliphatic heterocycles. The summed E-state index contributed by atoms with van der Waals surface area (Å²) in [7, 11) is 0. The van der Waals surface area contributed by atoms with Gasteiger partial charge in [-0.1, -0.05) is 29.8 Å². The largest absolute Gasteiger partial charge is 0.333 e. The van der Waals surface area contributed by atoms with Gasteiger partial charge in [-0.05, 0) is 44.0 Å². The number of amides is 1. The van der Waals surface area contributed by atoms with Gasteiger partial charge in [-0.3, -0.25) is 9.48 Å². The molecule has 128 valence electrons. The third-order valence-corrected chi connectivity index (χ3v) is 4.83. The Labute approximate surface area is 147 Å². The smallest absolute Gasteiger partial charge is 0.274 e. The Morgan fingerprint density at radius 1 is 1.42 bits per heavy atom. The fourth-order valence-corrected chi connectivity index (χ4v) is 3.23. The van der Waals surface area contributed by atoms with Crippen molar-refractivity contribution < 1.29 is 4.79 Å². The average molecular weight is 347 g/mol. The van der Waals surface area contributed by atoms with Crippen LogP contribution in [0.15, 0.2) is 36.5 Å². The van der Waals surface area contributed by atoms with Crippen LogP contribution >= 0.6 is 11.6 Å². The highest BCUT2D eigenvalue weighted by Crippen LogP contribution is 2.19. The van der Waals surface area contributed by atoms with Gasteiger partial charge in [0.1, 0.15) is 5.69 Å². The third-order valence-electron chi connectivity index (χ3n) is 4.46. The van der Waals surface area contributed by atoms with Gasteiger partial charge in [0, 0.05) is 30.9 Å². The summed E-state index contributed by atoms with van der Waals surface area (Å²) in [5.41, 5.74) is 1.44. The summed E-state index contributed by atoms with van der Waals surface area (Å²) in [6, 6.07) is 9.77. The molecule has 3 rings (SSSR count). The molecule has 5 nitrogen and oxygen atoms in total. The number of benzene rings is 1. The van der Waals surface area contributed by atoms with Crippen LogP contribution in [0.4, 0.5) is 0 Å². The van der Waals surface area contributed by atoms with Crippen LogP contribution in [-0.4, -0.2) is 40.2 Å². The lowest BCUT2D eigenvalue weighted by Crippen LogP contribution is -2.33. The molecule has 1 N–H and O–H groups in total. The van der Waals surface area contributed by atoms with Gasteiger partial charge in [-0.2, -0.15) is 5.10 Å². The number of hydrogen-bond donors (Lipinski definition) is 1. The normalized spacial score (nSPS) is 17.7. The number of hydrogen-bond acceptors (Lipinski definition) is 3. The van der Waals surface area contributed by atoms with Crippen LogP contribution < -0.4 is 5.32 Å². The maximum absolute atomic E-state index is 12.8. The Hall–Kier alpha value is -1.85. The second-order valence-electron chi connectivity index (χ2n) is 6.09. The Kier molecular flexibility index (Phi) is 5.53. The van der Waals surface area contributed by atoms with Crippen LogP contribution in [0.1, 0.15) is 41.9 Å². The zero-order valence-corrected chi connectivity index (χ0v) is 14.7. The number of carbonyl (C=O) groups is 1. The summed E-state index contributed by atoms with van der Waals surface area (Å²) in [5.74, 6) is -0.0556. The quantitative estimate of drug-likeness (QED) is 0.905.